The van der Waals surface area contributed by atoms with E-state index in [1.54, 1.807) is 23.1 Å². The molecule has 1 fully saturated rings. The molecule has 8 heteroatoms. The first-order valence-electron chi connectivity index (χ1n) is 9.89. The highest BCUT2D eigenvalue weighted by atomic mass is 35.5. The number of nitrogens with one attached hydrogen (secondary N) is 1. The van der Waals surface area contributed by atoms with Crippen molar-refractivity contribution in [3.63, 3.8) is 0 Å². The van der Waals surface area contributed by atoms with Crippen LogP contribution in [0.15, 0.2) is 42.5 Å². The SMILES string of the molecule is CCOc1ccc(C(=O)NCC(=O)N2CCN(c3ccc(Cl)cc3)CC2)cc1OC. The van der Waals surface area contributed by atoms with Gasteiger partial charge in [0.2, 0.25) is 5.91 Å². The van der Waals surface area contributed by atoms with Gasteiger partial charge >= 0.3 is 0 Å². The van der Waals surface area contributed by atoms with Gasteiger partial charge in [0.25, 0.3) is 5.91 Å². The van der Waals surface area contributed by atoms with Crippen LogP contribution in [-0.2, 0) is 4.79 Å². The first-order chi connectivity index (χ1) is 14.5. The van der Waals surface area contributed by atoms with Gasteiger partial charge in [-0.05, 0) is 49.4 Å². The van der Waals surface area contributed by atoms with Crippen LogP contribution >= 0.6 is 11.6 Å². The van der Waals surface area contributed by atoms with E-state index >= 15 is 0 Å². The topological polar surface area (TPSA) is 71.1 Å². The molecule has 0 aliphatic carbocycles. The molecule has 0 unspecified atom stereocenters. The van der Waals surface area contributed by atoms with Crippen molar-refractivity contribution < 1.29 is 19.1 Å². The Labute approximate surface area is 181 Å². The molecule has 0 radical (unpaired) electrons. The van der Waals surface area contributed by atoms with Crippen LogP contribution in [0.2, 0.25) is 5.02 Å². The quantitative estimate of drug-likeness (QED) is 0.730. The van der Waals surface area contributed by atoms with Crippen molar-refractivity contribution in [3.8, 4) is 11.5 Å². The van der Waals surface area contributed by atoms with Crippen molar-refractivity contribution in [1.29, 1.82) is 0 Å². The third kappa shape index (κ3) is 5.36. The molecular formula is C22H26ClN3O4. The lowest BCUT2D eigenvalue weighted by molar-refractivity contribution is -0.130. The van der Waals surface area contributed by atoms with Crippen molar-refractivity contribution >= 4 is 29.1 Å². The molecule has 1 saturated heterocycles. The molecular weight excluding hydrogens is 406 g/mol. The molecule has 160 valence electrons. The van der Waals surface area contributed by atoms with Gasteiger partial charge in [-0.3, -0.25) is 9.59 Å². The van der Waals surface area contributed by atoms with E-state index in [0.29, 0.717) is 41.8 Å². The van der Waals surface area contributed by atoms with Gasteiger partial charge in [0.15, 0.2) is 11.5 Å². The van der Waals surface area contributed by atoms with Gasteiger partial charge < -0.3 is 24.6 Å². The normalized spacial score (nSPS) is 13.7. The summed E-state index contributed by atoms with van der Waals surface area (Å²) in [6.45, 7) is 5.01. The Morgan fingerprint density at radius 1 is 1.03 bits per heavy atom. The number of hydrogen-bond donors (Lipinski definition) is 1. The minimum Gasteiger partial charge on any atom is -0.493 e. The van der Waals surface area contributed by atoms with Gasteiger partial charge in [-0.2, -0.15) is 0 Å². The van der Waals surface area contributed by atoms with Crippen LogP contribution in [0.1, 0.15) is 17.3 Å². The van der Waals surface area contributed by atoms with Crippen LogP contribution < -0.4 is 19.7 Å². The van der Waals surface area contributed by atoms with E-state index in [0.717, 1.165) is 18.8 Å². The highest BCUT2D eigenvalue weighted by Crippen LogP contribution is 2.28. The highest BCUT2D eigenvalue weighted by molar-refractivity contribution is 6.30. The summed E-state index contributed by atoms with van der Waals surface area (Å²) in [5.41, 5.74) is 1.50. The summed E-state index contributed by atoms with van der Waals surface area (Å²) < 4.78 is 10.7. The molecule has 2 aromatic rings. The Morgan fingerprint density at radius 2 is 1.73 bits per heavy atom. The fourth-order valence-corrected chi connectivity index (χ4v) is 3.45. The molecule has 0 aromatic heterocycles. The molecule has 3 rings (SSSR count). The summed E-state index contributed by atoms with van der Waals surface area (Å²) in [6, 6.07) is 12.6. The number of nitrogens with zero attached hydrogens (tertiary/aromatic N) is 2. The summed E-state index contributed by atoms with van der Waals surface area (Å²) in [5.74, 6) is 0.627. The van der Waals surface area contributed by atoms with E-state index in [-0.39, 0.29) is 18.4 Å². The molecule has 1 aliphatic rings. The lowest BCUT2D eigenvalue weighted by Crippen LogP contribution is -2.51. The maximum absolute atomic E-state index is 12.5. The Bertz CT molecular complexity index is 880. The number of carbonyl (C=O) groups excluding carboxylic acids is 2. The van der Waals surface area contributed by atoms with E-state index < -0.39 is 0 Å². The summed E-state index contributed by atoms with van der Waals surface area (Å²) in [7, 11) is 1.52. The summed E-state index contributed by atoms with van der Waals surface area (Å²) in [6.07, 6.45) is 0. The van der Waals surface area contributed by atoms with E-state index in [1.807, 2.05) is 31.2 Å². The zero-order valence-corrected chi connectivity index (χ0v) is 17.9. The van der Waals surface area contributed by atoms with Gasteiger partial charge in [0.1, 0.15) is 0 Å². The molecule has 0 bridgehead atoms. The van der Waals surface area contributed by atoms with Crippen molar-refractivity contribution in [2.45, 2.75) is 6.92 Å². The van der Waals surface area contributed by atoms with E-state index in [9.17, 15) is 9.59 Å². The number of amides is 2. The van der Waals surface area contributed by atoms with E-state index in [1.165, 1.54) is 7.11 Å². The molecule has 1 N–H and O–H groups in total. The van der Waals surface area contributed by atoms with Crippen LogP contribution in [0.3, 0.4) is 0 Å². The monoisotopic (exact) mass is 431 g/mol. The zero-order valence-electron chi connectivity index (χ0n) is 17.2. The second-order valence-electron chi connectivity index (χ2n) is 6.83. The number of benzene rings is 2. The third-order valence-corrected chi connectivity index (χ3v) is 5.20. The molecule has 0 spiro atoms. The van der Waals surface area contributed by atoms with Crippen molar-refractivity contribution in [2.75, 3.05) is 51.3 Å². The molecule has 1 heterocycles. The summed E-state index contributed by atoms with van der Waals surface area (Å²) in [5, 5.41) is 3.40. The number of ether oxygens (including phenoxy) is 2. The number of hydrogen-bond acceptors (Lipinski definition) is 5. The highest BCUT2D eigenvalue weighted by Gasteiger charge is 2.22. The van der Waals surface area contributed by atoms with Gasteiger partial charge in [-0.15, -0.1) is 0 Å². The van der Waals surface area contributed by atoms with Crippen molar-refractivity contribution in [2.24, 2.45) is 0 Å². The number of anilines is 1. The second-order valence-corrected chi connectivity index (χ2v) is 7.26. The maximum Gasteiger partial charge on any atom is 0.251 e. The first-order valence-corrected chi connectivity index (χ1v) is 10.3. The number of methoxy groups -OCH3 is 1. The third-order valence-electron chi connectivity index (χ3n) is 4.95. The number of carbonyl (C=O) groups is 2. The standard InChI is InChI=1S/C22H26ClN3O4/c1-3-30-19-9-4-16(14-20(19)29-2)22(28)24-15-21(27)26-12-10-25(11-13-26)18-7-5-17(23)6-8-18/h4-9,14H,3,10-13,15H2,1-2H3,(H,24,28). The predicted molar refractivity (Wildman–Crippen MR) is 117 cm³/mol. The van der Waals surface area contributed by atoms with Gasteiger partial charge in [0.05, 0.1) is 20.3 Å². The van der Waals surface area contributed by atoms with Crippen LogP contribution in [0, 0.1) is 0 Å². The minimum absolute atomic E-state index is 0.0463. The largest absolute Gasteiger partial charge is 0.493 e. The molecule has 30 heavy (non-hydrogen) atoms. The van der Waals surface area contributed by atoms with Crippen molar-refractivity contribution in [1.82, 2.24) is 10.2 Å². The Balaban J connectivity index is 1.50. The average Bonchev–Trinajstić information content (AvgIpc) is 2.78. The number of rotatable bonds is 7. The Kier molecular flexibility index (Phi) is 7.41. The average molecular weight is 432 g/mol. The maximum atomic E-state index is 12.5. The van der Waals surface area contributed by atoms with Crippen molar-refractivity contribution in [3.05, 3.63) is 53.1 Å². The second kappa shape index (κ2) is 10.2. The lowest BCUT2D eigenvalue weighted by atomic mass is 10.2. The van der Waals surface area contributed by atoms with Gasteiger partial charge in [-0.25, -0.2) is 0 Å². The van der Waals surface area contributed by atoms with E-state index in [4.69, 9.17) is 21.1 Å². The zero-order chi connectivity index (χ0) is 21.5. The van der Waals surface area contributed by atoms with Crippen LogP contribution in [0.25, 0.3) is 0 Å². The fraction of sp³-hybridized carbons (Fsp3) is 0.364. The fourth-order valence-electron chi connectivity index (χ4n) is 3.32. The molecule has 2 amide bonds. The summed E-state index contributed by atoms with van der Waals surface area (Å²) >= 11 is 5.94. The molecule has 7 nitrogen and oxygen atoms in total. The molecule has 1 aliphatic heterocycles. The Morgan fingerprint density at radius 3 is 2.37 bits per heavy atom. The van der Waals surface area contributed by atoms with E-state index in [2.05, 4.69) is 10.2 Å². The predicted octanol–water partition coefficient (Wildman–Crippen LogP) is 2.83. The minimum atomic E-state index is -0.329. The molecule has 0 atom stereocenters. The van der Waals surface area contributed by atoms with Crippen LogP contribution in [-0.4, -0.2) is 63.2 Å². The van der Waals surface area contributed by atoms with Gasteiger partial charge in [-0.1, -0.05) is 11.6 Å². The first kappa shape index (κ1) is 21.8. The molecule has 2 aromatic carbocycles. The number of piperazine rings is 1. The van der Waals surface area contributed by atoms with Gasteiger partial charge in [0, 0.05) is 42.5 Å². The molecule has 0 saturated carbocycles. The summed E-state index contributed by atoms with van der Waals surface area (Å²) in [4.78, 5) is 28.9. The van der Waals surface area contributed by atoms with Crippen LogP contribution in [0.4, 0.5) is 5.69 Å². The Hall–Kier alpha value is -2.93. The smallest absolute Gasteiger partial charge is 0.251 e. The number of halogens is 1. The van der Waals surface area contributed by atoms with Crippen LogP contribution in [0.5, 0.6) is 11.5 Å². The lowest BCUT2D eigenvalue weighted by Gasteiger charge is -2.36.